The molecule has 2 rings (SSSR count). The first-order valence-electron chi connectivity index (χ1n) is 4.66. The minimum Gasteiger partial charge on any atom is -0.168 e. The molecule has 1 heterocycles. The number of thiol groups is 1. The third-order valence-corrected chi connectivity index (χ3v) is 8.29. The van der Waals surface area contributed by atoms with Gasteiger partial charge in [0.15, 0.2) is 0 Å². The topological polar surface area (TPSA) is 0 Å². The molecule has 0 N–H and O–H groups in total. The van der Waals surface area contributed by atoms with Crippen LogP contribution in [0.2, 0.25) is 0 Å². The van der Waals surface area contributed by atoms with E-state index in [0.29, 0.717) is 4.49 Å². The first kappa shape index (κ1) is 8.38. The van der Waals surface area contributed by atoms with E-state index in [9.17, 15) is 0 Å². The van der Waals surface area contributed by atoms with E-state index in [-0.39, 0.29) is 7.92 Å². The van der Waals surface area contributed by atoms with Crippen LogP contribution in [0.1, 0.15) is 33.1 Å². The lowest BCUT2D eigenvalue weighted by molar-refractivity contribution is 0.553. The van der Waals surface area contributed by atoms with Crippen LogP contribution in [0, 0.1) is 5.92 Å². The van der Waals surface area contributed by atoms with E-state index in [1.807, 2.05) is 0 Å². The Hall–Kier alpha value is 0.780. The maximum Gasteiger partial charge on any atom is 0.0332 e. The summed E-state index contributed by atoms with van der Waals surface area (Å²) in [4.78, 5) is 0. The summed E-state index contributed by atoms with van der Waals surface area (Å²) in [5.74, 6) is 1.04. The Morgan fingerprint density at radius 2 is 2.36 bits per heavy atom. The molecule has 0 amide bonds. The number of fused-ring (bicyclic) bond motifs is 2. The molecule has 0 radical (unpaired) electrons. The maximum atomic E-state index is 4.89. The van der Waals surface area contributed by atoms with Crippen molar-refractivity contribution in [3.05, 3.63) is 0 Å². The van der Waals surface area contributed by atoms with Gasteiger partial charge in [0.25, 0.3) is 0 Å². The van der Waals surface area contributed by atoms with Crippen LogP contribution in [0.3, 0.4) is 0 Å². The predicted octanol–water partition coefficient (Wildman–Crippen LogP) is 3.32. The van der Waals surface area contributed by atoms with Gasteiger partial charge in [-0.15, -0.1) is 0 Å². The quantitative estimate of drug-likeness (QED) is 0.473. The lowest BCUT2D eigenvalue weighted by Gasteiger charge is -2.34. The summed E-state index contributed by atoms with van der Waals surface area (Å²) in [6.45, 7) is 4.80. The van der Waals surface area contributed by atoms with Crippen LogP contribution in [0.25, 0.3) is 0 Å². The van der Waals surface area contributed by atoms with Crippen molar-refractivity contribution >= 4 is 20.6 Å². The zero-order valence-corrected chi connectivity index (χ0v) is 9.17. The van der Waals surface area contributed by atoms with Crippen molar-refractivity contribution in [1.29, 1.82) is 0 Å². The lowest BCUT2D eigenvalue weighted by atomic mass is 10.1. The molecule has 2 fully saturated rings. The van der Waals surface area contributed by atoms with E-state index >= 15 is 0 Å². The van der Waals surface area contributed by atoms with Gasteiger partial charge in [0.2, 0.25) is 0 Å². The maximum absolute atomic E-state index is 4.89. The molecule has 4 atom stereocenters. The summed E-state index contributed by atoms with van der Waals surface area (Å²) in [7, 11) is 0.264. The molecule has 2 aliphatic rings. The SMILES string of the molecule is CCP1[C@H](C)C2CCC1(S)C2. The lowest BCUT2D eigenvalue weighted by Crippen LogP contribution is -2.18. The molecule has 11 heavy (non-hydrogen) atoms. The minimum atomic E-state index is 0.264. The van der Waals surface area contributed by atoms with Crippen molar-refractivity contribution in [2.75, 3.05) is 6.16 Å². The molecule has 2 heteroatoms. The molecule has 1 aliphatic carbocycles. The molecule has 0 aromatic rings. The van der Waals surface area contributed by atoms with Crippen LogP contribution >= 0.6 is 20.6 Å². The molecule has 0 nitrogen and oxygen atoms in total. The van der Waals surface area contributed by atoms with Crippen molar-refractivity contribution in [2.45, 2.75) is 43.3 Å². The standard InChI is InChI=1S/C9H17PS/c1-3-10-7(2)8-4-5-9(10,11)6-8/h7-8,11H,3-6H2,1-2H3/t7-,8?,9?,10?/m1/s1. The predicted molar refractivity (Wildman–Crippen MR) is 56.0 cm³/mol. The molecule has 3 unspecified atom stereocenters. The summed E-state index contributed by atoms with van der Waals surface area (Å²) < 4.78 is 0.508. The van der Waals surface area contributed by atoms with E-state index in [0.717, 1.165) is 11.6 Å². The van der Waals surface area contributed by atoms with Crippen LogP contribution in [-0.2, 0) is 0 Å². The highest BCUT2D eigenvalue weighted by atomic mass is 32.1. The Balaban J connectivity index is 2.21. The second-order valence-electron chi connectivity index (χ2n) is 4.01. The average Bonchev–Trinajstić information content (AvgIpc) is 2.42. The Kier molecular flexibility index (Phi) is 2.01. The molecule has 0 aromatic carbocycles. The highest BCUT2D eigenvalue weighted by Crippen LogP contribution is 2.72. The first-order valence-corrected chi connectivity index (χ1v) is 6.71. The van der Waals surface area contributed by atoms with Crippen molar-refractivity contribution < 1.29 is 0 Å². The Labute approximate surface area is 76.3 Å². The fourth-order valence-corrected chi connectivity index (χ4v) is 7.83. The van der Waals surface area contributed by atoms with Gasteiger partial charge in [-0.3, -0.25) is 0 Å². The summed E-state index contributed by atoms with van der Waals surface area (Å²) >= 11 is 4.89. The average molecular weight is 188 g/mol. The van der Waals surface area contributed by atoms with Crippen LogP contribution in [0.15, 0.2) is 0 Å². The zero-order valence-electron chi connectivity index (χ0n) is 7.38. The highest BCUT2D eigenvalue weighted by molar-refractivity contribution is 7.92. The highest BCUT2D eigenvalue weighted by Gasteiger charge is 2.52. The largest absolute Gasteiger partial charge is 0.168 e. The monoisotopic (exact) mass is 188 g/mol. The summed E-state index contributed by atoms with van der Waals surface area (Å²) in [5.41, 5.74) is 1.02. The van der Waals surface area contributed by atoms with E-state index < -0.39 is 0 Å². The van der Waals surface area contributed by atoms with Crippen molar-refractivity contribution in [2.24, 2.45) is 5.92 Å². The smallest absolute Gasteiger partial charge is 0.0332 e. The van der Waals surface area contributed by atoms with Gasteiger partial charge in [0.1, 0.15) is 0 Å². The zero-order chi connectivity index (χ0) is 8.06. The van der Waals surface area contributed by atoms with Crippen molar-refractivity contribution in [3.63, 3.8) is 0 Å². The fourth-order valence-electron chi connectivity index (χ4n) is 2.93. The molecular formula is C9H17PS. The molecule has 0 spiro atoms. The van der Waals surface area contributed by atoms with Gasteiger partial charge >= 0.3 is 0 Å². The van der Waals surface area contributed by atoms with Gasteiger partial charge in [0, 0.05) is 4.49 Å². The van der Waals surface area contributed by atoms with E-state index in [1.165, 1.54) is 25.4 Å². The number of rotatable bonds is 1. The Morgan fingerprint density at radius 3 is 2.73 bits per heavy atom. The van der Waals surface area contributed by atoms with Crippen LogP contribution in [0.5, 0.6) is 0 Å². The molecule has 1 aliphatic heterocycles. The third-order valence-electron chi connectivity index (χ3n) is 3.55. The summed E-state index contributed by atoms with van der Waals surface area (Å²) in [5, 5.41) is 0. The minimum absolute atomic E-state index is 0.264. The van der Waals surface area contributed by atoms with Gasteiger partial charge in [-0.2, -0.15) is 12.6 Å². The van der Waals surface area contributed by atoms with Gasteiger partial charge in [-0.1, -0.05) is 21.8 Å². The normalized spacial score (nSPS) is 55.4. The van der Waals surface area contributed by atoms with Gasteiger partial charge in [-0.25, -0.2) is 0 Å². The third kappa shape index (κ3) is 1.08. The second kappa shape index (κ2) is 2.64. The fraction of sp³-hybridized carbons (Fsp3) is 1.00. The number of hydrogen-bond acceptors (Lipinski definition) is 1. The van der Waals surface area contributed by atoms with Gasteiger partial charge in [-0.05, 0) is 37.0 Å². The number of hydrogen-bond donors (Lipinski definition) is 1. The molecule has 64 valence electrons. The summed E-state index contributed by atoms with van der Waals surface area (Å²) in [6.07, 6.45) is 5.70. The van der Waals surface area contributed by atoms with Crippen LogP contribution in [-0.4, -0.2) is 16.3 Å². The van der Waals surface area contributed by atoms with Crippen LogP contribution < -0.4 is 0 Å². The molecular weight excluding hydrogens is 171 g/mol. The van der Waals surface area contributed by atoms with Crippen LogP contribution in [0.4, 0.5) is 0 Å². The van der Waals surface area contributed by atoms with Crippen molar-refractivity contribution in [3.8, 4) is 0 Å². The van der Waals surface area contributed by atoms with Gasteiger partial charge in [0.05, 0.1) is 0 Å². The second-order valence-corrected chi connectivity index (χ2v) is 8.46. The van der Waals surface area contributed by atoms with E-state index in [1.54, 1.807) is 0 Å². The van der Waals surface area contributed by atoms with Gasteiger partial charge < -0.3 is 0 Å². The first-order chi connectivity index (χ1) is 5.17. The summed E-state index contributed by atoms with van der Waals surface area (Å²) in [6, 6.07) is 0. The Bertz CT molecular complexity index is 171. The van der Waals surface area contributed by atoms with E-state index in [2.05, 4.69) is 13.8 Å². The van der Waals surface area contributed by atoms with Crippen molar-refractivity contribution in [1.82, 2.24) is 0 Å². The van der Waals surface area contributed by atoms with E-state index in [4.69, 9.17) is 12.6 Å². The molecule has 0 aromatic heterocycles. The Morgan fingerprint density at radius 1 is 1.64 bits per heavy atom. The molecule has 1 saturated carbocycles. The molecule has 1 saturated heterocycles. The molecule has 2 bridgehead atoms.